The Morgan fingerprint density at radius 1 is 1.12 bits per heavy atom. The number of hydrogen-bond acceptors (Lipinski definition) is 5. The van der Waals surface area contributed by atoms with Gasteiger partial charge in [0.25, 0.3) is 0 Å². The van der Waals surface area contributed by atoms with Crippen molar-refractivity contribution in [3.63, 3.8) is 0 Å². The fourth-order valence-corrected chi connectivity index (χ4v) is 5.07. The first-order valence-electron chi connectivity index (χ1n) is 10.8. The van der Waals surface area contributed by atoms with Crippen molar-refractivity contribution in [2.75, 3.05) is 6.61 Å². The Balaban J connectivity index is 1.77. The number of ketones is 1. The summed E-state index contributed by atoms with van der Waals surface area (Å²) in [5, 5.41) is 2.99. The summed E-state index contributed by atoms with van der Waals surface area (Å²) < 4.78 is 5.07. The monoisotopic (exact) mass is 445 g/mol. The zero-order valence-electron chi connectivity index (χ0n) is 18.8. The van der Waals surface area contributed by atoms with E-state index in [-0.39, 0.29) is 17.2 Å². The molecule has 0 saturated heterocycles. The highest BCUT2D eigenvalue weighted by Gasteiger charge is 2.31. The maximum absolute atomic E-state index is 12.8. The largest absolute Gasteiger partial charge is 0.462 e. The molecule has 1 aliphatic rings. The van der Waals surface area contributed by atoms with Crippen LogP contribution in [-0.4, -0.2) is 23.3 Å². The van der Waals surface area contributed by atoms with E-state index in [0.29, 0.717) is 12.2 Å². The molecule has 0 fully saturated rings. The minimum absolute atomic E-state index is 0.0155. The molecule has 1 atom stereocenters. The maximum Gasteiger partial charge on any atom is 0.338 e. The van der Waals surface area contributed by atoms with Gasteiger partial charge in [-0.3, -0.25) is 4.79 Å². The Kier molecular flexibility index (Phi) is 6.11. The third kappa shape index (κ3) is 4.17. The molecule has 0 aliphatic heterocycles. The predicted octanol–water partition coefficient (Wildman–Crippen LogP) is 6.15. The molecule has 1 aromatic heterocycles. The molecule has 1 heterocycles. The second-order valence-electron chi connectivity index (χ2n) is 8.73. The second kappa shape index (κ2) is 8.83. The highest BCUT2D eigenvalue weighted by molar-refractivity contribution is 7.10. The normalized spacial score (nSPS) is 15.4. The molecule has 4 nitrogen and oxygen atoms in total. The SMILES string of the molecule is CCOC(=O)c1ccc(C(C(C)=O)c2ccc3c(c2)C(c2nccs2)=CCC3(C)C)cc1. The van der Waals surface area contributed by atoms with E-state index in [1.807, 2.05) is 23.7 Å². The van der Waals surface area contributed by atoms with Crippen molar-refractivity contribution in [2.24, 2.45) is 0 Å². The first-order chi connectivity index (χ1) is 15.3. The average molecular weight is 446 g/mol. The number of carbonyl (C=O) groups excluding carboxylic acids is 2. The van der Waals surface area contributed by atoms with Gasteiger partial charge in [0.15, 0.2) is 0 Å². The standard InChI is InChI=1S/C27H27NO3S/c1-5-31-26(30)19-8-6-18(7-9-19)24(17(2)29)20-10-11-23-22(16-20)21(12-13-27(23,3)4)25-28-14-15-32-25/h6-12,14-16,24H,5,13H2,1-4H3. The van der Waals surface area contributed by atoms with Crippen LogP contribution in [0.2, 0.25) is 0 Å². The van der Waals surface area contributed by atoms with E-state index in [1.54, 1.807) is 37.3 Å². The molecule has 0 radical (unpaired) electrons. The molecule has 5 heteroatoms. The van der Waals surface area contributed by atoms with E-state index in [2.05, 4.69) is 43.1 Å². The van der Waals surface area contributed by atoms with Crippen LogP contribution in [-0.2, 0) is 14.9 Å². The van der Waals surface area contributed by atoms with Crippen LogP contribution in [0, 0.1) is 0 Å². The number of carbonyl (C=O) groups is 2. The van der Waals surface area contributed by atoms with E-state index in [4.69, 9.17) is 4.74 Å². The van der Waals surface area contributed by atoms with Crippen molar-refractivity contribution in [1.29, 1.82) is 0 Å². The highest BCUT2D eigenvalue weighted by Crippen LogP contribution is 2.43. The van der Waals surface area contributed by atoms with Crippen LogP contribution in [0.15, 0.2) is 60.1 Å². The lowest BCUT2D eigenvalue weighted by atomic mass is 9.72. The molecule has 0 saturated carbocycles. The molecule has 2 aromatic carbocycles. The number of benzene rings is 2. The first-order valence-corrected chi connectivity index (χ1v) is 11.7. The van der Waals surface area contributed by atoms with Gasteiger partial charge >= 0.3 is 5.97 Å². The van der Waals surface area contributed by atoms with Crippen molar-refractivity contribution in [3.05, 3.63) is 92.9 Å². The van der Waals surface area contributed by atoms with Gasteiger partial charge in [0.2, 0.25) is 0 Å². The van der Waals surface area contributed by atoms with Gasteiger partial charge in [0.1, 0.15) is 10.8 Å². The van der Waals surface area contributed by atoms with Crippen molar-refractivity contribution >= 4 is 28.7 Å². The van der Waals surface area contributed by atoms with E-state index in [9.17, 15) is 9.59 Å². The summed E-state index contributed by atoms with van der Waals surface area (Å²) in [6.45, 7) is 8.22. The molecule has 0 N–H and O–H groups in total. The number of Topliss-reactive ketones (excluding diaryl/α,β-unsaturated/α-hetero) is 1. The van der Waals surface area contributed by atoms with E-state index in [0.717, 1.165) is 33.7 Å². The van der Waals surface area contributed by atoms with Gasteiger partial charge in [0, 0.05) is 17.2 Å². The lowest BCUT2D eigenvalue weighted by Crippen LogP contribution is -2.22. The van der Waals surface area contributed by atoms with Crippen LogP contribution in [0.3, 0.4) is 0 Å². The van der Waals surface area contributed by atoms with Gasteiger partial charge < -0.3 is 4.74 Å². The number of aromatic nitrogens is 1. The van der Waals surface area contributed by atoms with Crippen LogP contribution in [0.25, 0.3) is 5.57 Å². The second-order valence-corrected chi connectivity index (χ2v) is 9.63. The number of esters is 1. The first kappa shape index (κ1) is 22.2. The number of ether oxygens (including phenoxy) is 1. The number of nitrogens with zero attached hydrogens (tertiary/aromatic N) is 1. The fraction of sp³-hybridized carbons (Fsp3) is 0.296. The topological polar surface area (TPSA) is 56.3 Å². The zero-order chi connectivity index (χ0) is 22.9. The van der Waals surface area contributed by atoms with Crippen molar-refractivity contribution in [3.8, 4) is 0 Å². The van der Waals surface area contributed by atoms with Crippen molar-refractivity contribution in [2.45, 2.75) is 45.4 Å². The molecule has 1 unspecified atom stereocenters. The summed E-state index contributed by atoms with van der Waals surface area (Å²) >= 11 is 1.63. The molecule has 4 rings (SSSR count). The molecular weight excluding hydrogens is 418 g/mol. The van der Waals surface area contributed by atoms with Gasteiger partial charge in [-0.05, 0) is 66.1 Å². The number of allylic oxidation sites excluding steroid dienone is 1. The molecule has 1 aliphatic carbocycles. The molecule has 0 amide bonds. The molecule has 164 valence electrons. The summed E-state index contributed by atoms with van der Waals surface area (Å²) in [5.41, 5.74) is 5.86. The predicted molar refractivity (Wildman–Crippen MR) is 128 cm³/mol. The Labute approximate surface area is 193 Å². The summed E-state index contributed by atoms with van der Waals surface area (Å²) in [7, 11) is 0. The highest BCUT2D eigenvalue weighted by atomic mass is 32.1. The lowest BCUT2D eigenvalue weighted by molar-refractivity contribution is -0.117. The number of thiazole rings is 1. The minimum atomic E-state index is -0.404. The average Bonchev–Trinajstić information content (AvgIpc) is 3.29. The molecular formula is C27H27NO3S. The smallest absolute Gasteiger partial charge is 0.338 e. The van der Waals surface area contributed by atoms with Crippen LogP contribution in [0.5, 0.6) is 0 Å². The summed E-state index contributed by atoms with van der Waals surface area (Å²) in [6.07, 6.45) is 5.04. The lowest BCUT2D eigenvalue weighted by Gasteiger charge is -2.32. The van der Waals surface area contributed by atoms with Crippen LogP contribution in [0.1, 0.15) is 77.7 Å². The summed E-state index contributed by atoms with van der Waals surface area (Å²) in [6, 6.07) is 13.5. The van der Waals surface area contributed by atoms with Gasteiger partial charge in [-0.1, -0.05) is 44.2 Å². The molecule has 3 aromatic rings. The van der Waals surface area contributed by atoms with Crippen LogP contribution >= 0.6 is 11.3 Å². The fourth-order valence-electron chi connectivity index (χ4n) is 4.38. The number of rotatable bonds is 6. The van der Waals surface area contributed by atoms with Gasteiger partial charge in [-0.25, -0.2) is 9.78 Å². The van der Waals surface area contributed by atoms with E-state index >= 15 is 0 Å². The Bertz CT molecular complexity index is 1170. The molecule has 32 heavy (non-hydrogen) atoms. The zero-order valence-corrected chi connectivity index (χ0v) is 19.7. The third-order valence-corrected chi connectivity index (χ3v) is 6.84. The van der Waals surface area contributed by atoms with Gasteiger partial charge in [-0.15, -0.1) is 11.3 Å². The van der Waals surface area contributed by atoms with E-state index in [1.165, 1.54) is 5.56 Å². The third-order valence-electron chi connectivity index (χ3n) is 6.04. The maximum atomic E-state index is 12.8. The Hall–Kier alpha value is -3.05. The molecule has 0 bridgehead atoms. The molecule has 0 spiro atoms. The van der Waals surface area contributed by atoms with Crippen LogP contribution < -0.4 is 0 Å². The number of fused-ring (bicyclic) bond motifs is 1. The van der Waals surface area contributed by atoms with Crippen LogP contribution in [0.4, 0.5) is 0 Å². The van der Waals surface area contributed by atoms with Crippen molar-refractivity contribution < 1.29 is 14.3 Å². The minimum Gasteiger partial charge on any atom is -0.462 e. The summed E-state index contributed by atoms with van der Waals surface area (Å²) in [5.74, 6) is -0.699. The number of hydrogen-bond donors (Lipinski definition) is 0. The Morgan fingerprint density at radius 2 is 1.84 bits per heavy atom. The van der Waals surface area contributed by atoms with Gasteiger partial charge in [-0.2, -0.15) is 0 Å². The van der Waals surface area contributed by atoms with Gasteiger partial charge in [0.05, 0.1) is 18.1 Å². The quantitative estimate of drug-likeness (QED) is 0.427. The Morgan fingerprint density at radius 3 is 2.47 bits per heavy atom. The van der Waals surface area contributed by atoms with E-state index < -0.39 is 5.92 Å². The van der Waals surface area contributed by atoms with Crippen molar-refractivity contribution in [1.82, 2.24) is 4.98 Å². The summed E-state index contributed by atoms with van der Waals surface area (Å²) in [4.78, 5) is 29.3.